The molecule has 0 fully saturated rings. The van der Waals surface area contributed by atoms with Crippen LogP contribution in [0.25, 0.3) is 17.1 Å². The maximum atomic E-state index is 12.8. The molecule has 31 heavy (non-hydrogen) atoms. The molecular formula is C25H24N4OS. The number of aryl methyl sites for hydroxylation is 1. The molecule has 4 aromatic rings. The molecule has 1 heterocycles. The predicted octanol–water partition coefficient (Wildman–Crippen LogP) is 4.99. The highest BCUT2D eigenvalue weighted by molar-refractivity contribution is 7.99. The molecule has 0 saturated carbocycles. The Labute approximate surface area is 186 Å². The Bertz CT molecular complexity index is 1160. The van der Waals surface area contributed by atoms with E-state index in [1.807, 2.05) is 84.4 Å². The molecular weight excluding hydrogens is 404 g/mol. The Kier molecular flexibility index (Phi) is 6.48. The number of carbonyl (C=O) groups is 1. The molecule has 1 amide bonds. The van der Waals surface area contributed by atoms with E-state index in [9.17, 15) is 4.79 Å². The number of hydrogen-bond donors (Lipinski definition) is 0. The second-order valence-corrected chi connectivity index (χ2v) is 8.25. The summed E-state index contributed by atoms with van der Waals surface area (Å²) in [5.74, 6) is 1.11. The van der Waals surface area contributed by atoms with Gasteiger partial charge < -0.3 is 4.90 Å². The van der Waals surface area contributed by atoms with Crippen LogP contribution in [0, 0.1) is 6.92 Å². The summed E-state index contributed by atoms with van der Waals surface area (Å²) in [4.78, 5) is 14.6. The average Bonchev–Trinajstić information content (AvgIpc) is 3.24. The van der Waals surface area contributed by atoms with Gasteiger partial charge in [0.25, 0.3) is 0 Å². The molecule has 0 atom stereocenters. The SMILES string of the molecule is Cc1ccccc1CN(C)C(=O)CSc1nnc(-c2ccccc2)n1-c1ccccc1. The normalized spacial score (nSPS) is 10.8. The van der Waals surface area contributed by atoms with Gasteiger partial charge in [0.1, 0.15) is 0 Å². The van der Waals surface area contributed by atoms with Crippen molar-refractivity contribution < 1.29 is 4.79 Å². The number of thioether (sulfide) groups is 1. The van der Waals surface area contributed by atoms with Crippen molar-refractivity contribution in [3.05, 3.63) is 96.1 Å². The van der Waals surface area contributed by atoms with E-state index in [0.29, 0.717) is 17.5 Å². The average molecular weight is 429 g/mol. The van der Waals surface area contributed by atoms with Crippen molar-refractivity contribution in [2.75, 3.05) is 12.8 Å². The van der Waals surface area contributed by atoms with Gasteiger partial charge in [-0.3, -0.25) is 9.36 Å². The highest BCUT2D eigenvalue weighted by Gasteiger charge is 2.18. The molecule has 0 aliphatic heterocycles. The number of amides is 1. The van der Waals surface area contributed by atoms with Gasteiger partial charge in [-0.15, -0.1) is 10.2 Å². The lowest BCUT2D eigenvalue weighted by Crippen LogP contribution is -2.28. The van der Waals surface area contributed by atoms with Crippen LogP contribution < -0.4 is 0 Å². The molecule has 0 aliphatic rings. The van der Waals surface area contributed by atoms with Gasteiger partial charge in [0.05, 0.1) is 5.75 Å². The summed E-state index contributed by atoms with van der Waals surface area (Å²) < 4.78 is 2.01. The molecule has 0 unspecified atom stereocenters. The fourth-order valence-corrected chi connectivity index (χ4v) is 4.21. The van der Waals surface area contributed by atoms with Crippen LogP contribution in [0.3, 0.4) is 0 Å². The highest BCUT2D eigenvalue weighted by Crippen LogP contribution is 2.28. The number of hydrogen-bond acceptors (Lipinski definition) is 4. The Hall–Kier alpha value is -3.38. The summed E-state index contributed by atoms with van der Waals surface area (Å²) in [6.45, 7) is 2.66. The summed E-state index contributed by atoms with van der Waals surface area (Å²) in [6, 6.07) is 28.1. The standard InChI is InChI=1S/C25H24N4OS/c1-19-11-9-10-14-21(19)17-28(2)23(30)18-31-25-27-26-24(20-12-5-3-6-13-20)29(25)22-15-7-4-8-16-22/h3-16H,17-18H2,1-2H3. The third-order valence-electron chi connectivity index (χ3n) is 5.10. The van der Waals surface area contributed by atoms with Crippen LogP contribution in [0.2, 0.25) is 0 Å². The van der Waals surface area contributed by atoms with Gasteiger partial charge in [-0.1, -0.05) is 84.6 Å². The van der Waals surface area contributed by atoms with Crippen molar-refractivity contribution in [3.8, 4) is 17.1 Å². The first-order valence-electron chi connectivity index (χ1n) is 10.1. The second-order valence-electron chi connectivity index (χ2n) is 7.31. The van der Waals surface area contributed by atoms with E-state index in [4.69, 9.17) is 0 Å². The van der Waals surface area contributed by atoms with E-state index in [0.717, 1.165) is 22.6 Å². The lowest BCUT2D eigenvalue weighted by atomic mass is 10.1. The first kappa shape index (κ1) is 20.9. The number of carbonyl (C=O) groups excluding carboxylic acids is 1. The fourth-order valence-electron chi connectivity index (χ4n) is 3.32. The maximum absolute atomic E-state index is 12.8. The molecule has 0 aliphatic carbocycles. The molecule has 0 spiro atoms. The van der Waals surface area contributed by atoms with Crippen LogP contribution in [-0.2, 0) is 11.3 Å². The van der Waals surface area contributed by atoms with Crippen LogP contribution in [0.15, 0.2) is 90.1 Å². The summed E-state index contributed by atoms with van der Waals surface area (Å²) >= 11 is 1.41. The first-order chi connectivity index (χ1) is 15.1. The van der Waals surface area contributed by atoms with E-state index < -0.39 is 0 Å². The van der Waals surface area contributed by atoms with E-state index in [1.54, 1.807) is 4.90 Å². The zero-order valence-corrected chi connectivity index (χ0v) is 18.4. The van der Waals surface area contributed by atoms with Crippen molar-refractivity contribution in [3.63, 3.8) is 0 Å². The minimum absolute atomic E-state index is 0.0529. The molecule has 0 saturated heterocycles. The molecule has 1 aromatic heterocycles. The van der Waals surface area contributed by atoms with E-state index in [2.05, 4.69) is 29.3 Å². The van der Waals surface area contributed by atoms with Gasteiger partial charge in [-0.2, -0.15) is 0 Å². The van der Waals surface area contributed by atoms with Crippen LogP contribution in [0.5, 0.6) is 0 Å². The van der Waals surface area contributed by atoms with Crippen molar-refractivity contribution >= 4 is 17.7 Å². The second kappa shape index (κ2) is 9.62. The van der Waals surface area contributed by atoms with E-state index in [1.165, 1.54) is 17.3 Å². The summed E-state index contributed by atoms with van der Waals surface area (Å²) in [6.07, 6.45) is 0. The molecule has 0 radical (unpaired) electrons. The largest absolute Gasteiger partial charge is 0.341 e. The van der Waals surface area contributed by atoms with Gasteiger partial charge in [0.2, 0.25) is 5.91 Å². The summed E-state index contributed by atoms with van der Waals surface area (Å²) in [7, 11) is 1.84. The Morgan fingerprint density at radius 2 is 1.55 bits per heavy atom. The minimum Gasteiger partial charge on any atom is -0.341 e. The molecule has 0 N–H and O–H groups in total. The highest BCUT2D eigenvalue weighted by atomic mass is 32.2. The number of para-hydroxylation sites is 1. The predicted molar refractivity (Wildman–Crippen MR) is 125 cm³/mol. The topological polar surface area (TPSA) is 51.0 Å². The van der Waals surface area contributed by atoms with Gasteiger partial charge >= 0.3 is 0 Å². The number of aromatic nitrogens is 3. The van der Waals surface area contributed by atoms with Crippen molar-refractivity contribution in [2.45, 2.75) is 18.6 Å². The third kappa shape index (κ3) is 4.86. The summed E-state index contributed by atoms with van der Waals surface area (Å²) in [5.41, 5.74) is 4.29. The number of rotatable bonds is 7. The van der Waals surface area contributed by atoms with Gasteiger partial charge in [0.15, 0.2) is 11.0 Å². The van der Waals surface area contributed by atoms with Gasteiger partial charge in [-0.05, 0) is 30.2 Å². The molecule has 5 nitrogen and oxygen atoms in total. The minimum atomic E-state index is 0.0529. The Morgan fingerprint density at radius 3 is 2.26 bits per heavy atom. The van der Waals surface area contributed by atoms with Crippen molar-refractivity contribution in [2.24, 2.45) is 0 Å². The van der Waals surface area contributed by atoms with Gasteiger partial charge in [0, 0.05) is 24.8 Å². The monoisotopic (exact) mass is 428 g/mol. The molecule has 156 valence electrons. The van der Waals surface area contributed by atoms with Gasteiger partial charge in [-0.25, -0.2) is 0 Å². The summed E-state index contributed by atoms with van der Waals surface area (Å²) in [5, 5.41) is 9.53. The van der Waals surface area contributed by atoms with E-state index in [-0.39, 0.29) is 5.91 Å². The first-order valence-corrected chi connectivity index (χ1v) is 11.1. The quantitative estimate of drug-likeness (QED) is 0.389. The Balaban J connectivity index is 1.54. The zero-order chi connectivity index (χ0) is 21.6. The molecule has 4 rings (SSSR count). The smallest absolute Gasteiger partial charge is 0.233 e. The van der Waals surface area contributed by atoms with Crippen LogP contribution in [0.4, 0.5) is 0 Å². The van der Waals surface area contributed by atoms with Crippen LogP contribution in [-0.4, -0.2) is 38.4 Å². The maximum Gasteiger partial charge on any atom is 0.233 e. The molecule has 6 heteroatoms. The number of nitrogens with zero attached hydrogens (tertiary/aromatic N) is 4. The fraction of sp³-hybridized carbons (Fsp3) is 0.160. The van der Waals surface area contributed by atoms with Crippen molar-refractivity contribution in [1.29, 1.82) is 0 Å². The molecule has 3 aromatic carbocycles. The molecule has 0 bridgehead atoms. The third-order valence-corrected chi connectivity index (χ3v) is 6.01. The van der Waals surface area contributed by atoms with Crippen LogP contribution >= 0.6 is 11.8 Å². The zero-order valence-electron chi connectivity index (χ0n) is 17.6. The number of benzene rings is 3. The van der Waals surface area contributed by atoms with Crippen LogP contribution in [0.1, 0.15) is 11.1 Å². The van der Waals surface area contributed by atoms with E-state index >= 15 is 0 Å². The Morgan fingerprint density at radius 1 is 0.903 bits per heavy atom. The lowest BCUT2D eigenvalue weighted by Gasteiger charge is -2.18. The lowest BCUT2D eigenvalue weighted by molar-refractivity contribution is -0.127. The van der Waals surface area contributed by atoms with Crippen molar-refractivity contribution in [1.82, 2.24) is 19.7 Å².